The molecule has 0 bridgehead atoms. The van der Waals surface area contributed by atoms with Crippen molar-refractivity contribution in [2.75, 3.05) is 11.3 Å². The molecule has 0 aliphatic heterocycles. The van der Waals surface area contributed by atoms with Crippen LogP contribution in [0.4, 0.5) is 10.1 Å². The second-order valence-corrected chi connectivity index (χ2v) is 6.05. The Labute approximate surface area is 155 Å². The summed E-state index contributed by atoms with van der Waals surface area (Å²) in [5.41, 5.74) is -2.70. The number of hydrogen-bond acceptors (Lipinski definition) is 4. The third kappa shape index (κ3) is 4.23. The molecule has 0 saturated heterocycles. The maximum atomic E-state index is 13.9. The summed E-state index contributed by atoms with van der Waals surface area (Å²) in [5.74, 6) is -3.28. The molecule has 0 spiro atoms. The van der Waals surface area contributed by atoms with Crippen LogP contribution in [0.5, 0.6) is 0 Å². The molecule has 2 rings (SSSR count). The lowest BCUT2D eigenvalue weighted by molar-refractivity contribution is -0.138. The molecule has 0 radical (unpaired) electrons. The lowest BCUT2D eigenvalue weighted by Crippen LogP contribution is -2.34. The summed E-state index contributed by atoms with van der Waals surface area (Å²) in [6.07, 6.45) is -11.1. The zero-order valence-corrected chi connectivity index (χ0v) is 13.1. The molecule has 1 aromatic rings. The Morgan fingerprint density at radius 1 is 1.65 bits per heavy atom. The number of benzene rings is 1. The number of ether oxygens (including phenoxy) is 1. The van der Waals surface area contributed by atoms with Crippen LogP contribution in [0.3, 0.4) is 0 Å². The molecule has 0 fully saturated rings. The predicted octanol–water partition coefficient (Wildman–Crippen LogP) is 3.26. The Hall–Kier alpha value is -1.60. The van der Waals surface area contributed by atoms with Gasteiger partial charge in [-0.05, 0) is 44.2 Å². The first-order chi connectivity index (χ1) is 15.2. The van der Waals surface area contributed by atoms with E-state index in [1.54, 1.807) is 0 Å². The smallest absolute Gasteiger partial charge is 0.335 e. The van der Waals surface area contributed by atoms with Crippen LogP contribution < -0.4 is 4.72 Å². The van der Waals surface area contributed by atoms with Crippen LogP contribution in [0.15, 0.2) is 29.8 Å². The minimum atomic E-state index is -5.73. The van der Waals surface area contributed by atoms with Crippen molar-refractivity contribution >= 4 is 33.3 Å². The number of halogens is 2. The normalized spacial score (nSPS) is 32.1. The number of esters is 1. The Kier molecular flexibility index (Phi) is 2.54. The summed E-state index contributed by atoms with van der Waals surface area (Å²) < 4.78 is 131. The van der Waals surface area contributed by atoms with Gasteiger partial charge in [-0.15, -0.1) is 0 Å². The molecule has 126 valence electrons. The largest absolute Gasteiger partial charge is 0.463 e. The molecule has 0 amide bonds. The van der Waals surface area contributed by atoms with Crippen LogP contribution in [-0.4, -0.2) is 26.2 Å². The number of rotatable bonds is 5. The molecule has 8 heteroatoms. The molecular formula is C15H17ClFNO4S. The van der Waals surface area contributed by atoms with E-state index in [2.05, 4.69) is 4.74 Å². The number of allylic oxidation sites excluding steroid dienone is 1. The third-order valence-corrected chi connectivity index (χ3v) is 4.11. The highest BCUT2D eigenvalue weighted by atomic mass is 35.5. The van der Waals surface area contributed by atoms with E-state index < -0.39 is 98.0 Å². The van der Waals surface area contributed by atoms with Crippen LogP contribution in [0, 0.1) is 5.82 Å². The quantitative estimate of drug-likeness (QED) is 0.805. The van der Waals surface area contributed by atoms with E-state index in [0.717, 1.165) is 0 Å². The summed E-state index contributed by atoms with van der Waals surface area (Å²) in [6.45, 7) is 0.848. The van der Waals surface area contributed by atoms with Gasteiger partial charge in [0.1, 0.15) is 11.1 Å². The van der Waals surface area contributed by atoms with E-state index >= 15 is 0 Å². The first-order valence-corrected chi connectivity index (χ1v) is 7.97. The van der Waals surface area contributed by atoms with Crippen molar-refractivity contribution < 1.29 is 37.5 Å². The van der Waals surface area contributed by atoms with Gasteiger partial charge in [0.25, 0.3) is 0 Å². The fourth-order valence-electron chi connectivity index (χ4n) is 1.53. The summed E-state index contributed by atoms with van der Waals surface area (Å²) in [7, 11) is -5.73. The zero-order chi connectivity index (χ0) is 26.8. The molecule has 0 heterocycles. The first-order valence-electron chi connectivity index (χ1n) is 11.5. The van der Waals surface area contributed by atoms with E-state index in [4.69, 9.17) is 26.7 Å². The Morgan fingerprint density at radius 3 is 3.09 bits per heavy atom. The number of hydrogen-bond donors (Lipinski definition) is 1. The number of carbonyl (C=O) groups excluding carboxylic acids is 1. The minimum Gasteiger partial charge on any atom is -0.463 e. The Balaban J connectivity index is 2.96. The van der Waals surface area contributed by atoms with Crippen LogP contribution in [0.2, 0.25) is 6.43 Å². The molecule has 0 saturated carbocycles. The number of sulfonamides is 1. The average Bonchev–Trinajstić information content (AvgIpc) is 2.72. The van der Waals surface area contributed by atoms with Gasteiger partial charge in [0, 0.05) is 8.22 Å². The maximum Gasteiger partial charge on any atom is 0.335 e. The SMILES string of the molecule is [2H]C1=C(C(=O)OCC)[C@H](S(=O)(=O)N([2H])c2c([2H])c([2H])c(F)c([2H])c2Cl)C([2H])([2H])C([2H])([2H])C1([2H])[2H]. The number of anilines is 1. The topological polar surface area (TPSA) is 72.5 Å². The summed E-state index contributed by atoms with van der Waals surface area (Å²) in [4.78, 5) is 12.5. The molecule has 1 N–H and O–H groups in total. The highest BCUT2D eigenvalue weighted by Crippen LogP contribution is 2.30. The van der Waals surface area contributed by atoms with Crippen LogP contribution in [0.25, 0.3) is 0 Å². The molecule has 5 nitrogen and oxygen atoms in total. The highest BCUT2D eigenvalue weighted by molar-refractivity contribution is 7.93. The lowest BCUT2D eigenvalue weighted by Gasteiger charge is -2.24. The van der Waals surface area contributed by atoms with Gasteiger partial charge >= 0.3 is 5.97 Å². The van der Waals surface area contributed by atoms with Gasteiger partial charge in [0.05, 0.1) is 28.4 Å². The van der Waals surface area contributed by atoms with E-state index in [9.17, 15) is 17.6 Å². The van der Waals surface area contributed by atoms with Gasteiger partial charge in [-0.3, -0.25) is 4.72 Å². The number of nitrogens with one attached hydrogen (secondary N) is 1. The summed E-state index contributed by atoms with van der Waals surface area (Å²) in [6, 6.07) is -5.42. The molecule has 0 unspecified atom stereocenters. The van der Waals surface area contributed by atoms with E-state index in [1.165, 1.54) is 6.92 Å². The molecule has 1 aliphatic rings. The lowest BCUT2D eigenvalue weighted by atomic mass is 9.99. The van der Waals surface area contributed by atoms with E-state index in [1.807, 2.05) is 0 Å². The molecule has 1 aromatic carbocycles. The predicted molar refractivity (Wildman–Crippen MR) is 86.3 cm³/mol. The van der Waals surface area contributed by atoms with Crippen LogP contribution >= 0.6 is 11.6 Å². The van der Waals surface area contributed by atoms with Gasteiger partial charge in [-0.25, -0.2) is 17.6 Å². The Morgan fingerprint density at radius 2 is 2.39 bits per heavy atom. The highest BCUT2D eigenvalue weighted by Gasteiger charge is 2.35. The van der Waals surface area contributed by atoms with E-state index in [0.29, 0.717) is 0 Å². The monoisotopic (exact) mass is 372 g/mol. The van der Waals surface area contributed by atoms with Crippen molar-refractivity contribution in [2.24, 2.45) is 0 Å². The van der Waals surface area contributed by atoms with Crippen molar-refractivity contribution in [1.82, 2.24) is 0 Å². The number of carbonyl (C=O) groups is 1. The van der Waals surface area contributed by atoms with Gasteiger partial charge in [0.2, 0.25) is 10.0 Å². The maximum absolute atomic E-state index is 13.9. The average molecular weight is 373 g/mol. The van der Waals surface area contributed by atoms with Gasteiger partial charge in [-0.2, -0.15) is 0 Å². The molecule has 1 atom stereocenters. The molecule has 1 aliphatic carbocycles. The third-order valence-electron chi connectivity index (χ3n) is 2.45. The standard InChI is InChI=1S/C15H17ClFNO4S/c1-2-22-15(19)11-5-3-4-6-14(11)23(20,21)18-13-8-7-10(17)9-12(13)16/h5,7-9,14,18H,2-4,6H2,1H3/t14-/m1/s1/i3D2,4D2,5D,6D2,7D,8D,9D/hD. The van der Waals surface area contributed by atoms with Crippen molar-refractivity contribution in [3.05, 3.63) is 40.6 Å². The second kappa shape index (κ2) is 7.31. The van der Waals surface area contributed by atoms with Crippen molar-refractivity contribution in [3.8, 4) is 0 Å². The first kappa shape index (κ1) is 7.98. The van der Waals surface area contributed by atoms with Crippen molar-refractivity contribution in [1.29, 1.82) is 0 Å². The summed E-state index contributed by atoms with van der Waals surface area (Å²) in [5, 5.41) is -4.19. The molecular weight excluding hydrogens is 345 g/mol. The van der Waals surface area contributed by atoms with Gasteiger partial charge < -0.3 is 4.74 Å². The second-order valence-electron chi connectivity index (χ2n) is 3.99. The molecule has 0 aromatic heterocycles. The van der Waals surface area contributed by atoms with Crippen molar-refractivity contribution in [2.45, 2.75) is 31.3 Å². The zero-order valence-electron chi connectivity index (χ0n) is 22.5. The van der Waals surface area contributed by atoms with Crippen LogP contribution in [0.1, 0.15) is 39.8 Å². The fraction of sp³-hybridized carbons (Fsp3) is 0.400. The van der Waals surface area contributed by atoms with E-state index in [-0.39, 0.29) is 0 Å². The van der Waals surface area contributed by atoms with Gasteiger partial charge in [0.15, 0.2) is 1.41 Å². The fourth-order valence-corrected chi connectivity index (χ4v) is 2.91. The van der Waals surface area contributed by atoms with Gasteiger partial charge in [-0.1, -0.05) is 17.7 Å². The summed E-state index contributed by atoms with van der Waals surface area (Å²) >= 11 is 5.74. The minimum absolute atomic E-state index is 0.420. The van der Waals surface area contributed by atoms with Crippen LogP contribution in [-0.2, 0) is 19.6 Å². The Bertz CT molecular complexity index is 1160. The van der Waals surface area contributed by atoms with Crippen molar-refractivity contribution in [3.63, 3.8) is 0 Å². The molecule has 23 heavy (non-hydrogen) atoms.